The Hall–Kier alpha value is -2.04. The maximum atomic E-state index is 12.2. The zero-order valence-corrected chi connectivity index (χ0v) is 14.2. The minimum Gasteiger partial charge on any atom is -0.497 e. The Kier molecular flexibility index (Phi) is 5.29. The fraction of sp³-hybridized carbons (Fsp3) is 0.556. The second-order valence-electron chi connectivity index (χ2n) is 6.89. The summed E-state index contributed by atoms with van der Waals surface area (Å²) in [5, 5.41) is 0. The maximum Gasteiger partial charge on any atom is 0.410 e. The normalized spacial score (nSPS) is 21.7. The Morgan fingerprint density at radius 1 is 1.26 bits per heavy atom. The number of carbonyl (C=O) groups excluding carboxylic acids is 2. The van der Waals surface area contributed by atoms with Crippen molar-refractivity contribution in [3.63, 3.8) is 0 Å². The molecular weight excluding hydrogens is 294 g/mol. The number of carbonyl (C=O) groups is 2. The summed E-state index contributed by atoms with van der Waals surface area (Å²) >= 11 is 0. The van der Waals surface area contributed by atoms with Gasteiger partial charge in [0.15, 0.2) is 0 Å². The van der Waals surface area contributed by atoms with Gasteiger partial charge in [-0.15, -0.1) is 0 Å². The number of hydrogen-bond acceptors (Lipinski definition) is 4. The van der Waals surface area contributed by atoms with Gasteiger partial charge in [0.1, 0.15) is 17.6 Å². The average molecular weight is 319 g/mol. The van der Waals surface area contributed by atoms with Crippen LogP contribution in [0.5, 0.6) is 5.75 Å². The third kappa shape index (κ3) is 4.47. The molecule has 1 aliphatic heterocycles. The van der Waals surface area contributed by atoms with E-state index in [1.165, 1.54) is 0 Å². The molecule has 0 radical (unpaired) electrons. The number of benzene rings is 1. The van der Waals surface area contributed by atoms with Crippen molar-refractivity contribution >= 4 is 12.4 Å². The number of nitrogens with zero attached hydrogens (tertiary/aromatic N) is 1. The van der Waals surface area contributed by atoms with E-state index in [1.54, 1.807) is 12.0 Å². The van der Waals surface area contributed by atoms with Crippen LogP contribution in [0.15, 0.2) is 24.3 Å². The highest BCUT2D eigenvalue weighted by Crippen LogP contribution is 2.33. The van der Waals surface area contributed by atoms with E-state index in [2.05, 4.69) is 0 Å². The van der Waals surface area contributed by atoms with Gasteiger partial charge in [-0.1, -0.05) is 12.1 Å². The van der Waals surface area contributed by atoms with Crippen LogP contribution in [0, 0.1) is 5.92 Å². The quantitative estimate of drug-likeness (QED) is 0.803. The number of hydrogen-bond donors (Lipinski definition) is 0. The Labute approximate surface area is 137 Å². The van der Waals surface area contributed by atoms with E-state index in [0.29, 0.717) is 13.1 Å². The summed E-state index contributed by atoms with van der Waals surface area (Å²) in [6.07, 6.45) is 1.35. The Morgan fingerprint density at radius 3 is 2.43 bits per heavy atom. The highest BCUT2D eigenvalue weighted by Gasteiger charge is 2.34. The predicted molar refractivity (Wildman–Crippen MR) is 87.7 cm³/mol. The SMILES string of the molecule is COc1ccc([C@@H]2CCN(C(=O)OC(C)(C)C)C[C@H]2C=O)cc1. The number of ether oxygens (including phenoxy) is 2. The first kappa shape index (κ1) is 17.3. The zero-order valence-electron chi connectivity index (χ0n) is 14.2. The van der Waals surface area contributed by atoms with Gasteiger partial charge in [0, 0.05) is 19.0 Å². The molecule has 1 amide bonds. The molecule has 1 aromatic carbocycles. The van der Waals surface area contributed by atoms with Gasteiger partial charge in [0.2, 0.25) is 0 Å². The molecule has 0 N–H and O–H groups in total. The number of likely N-dealkylation sites (tertiary alicyclic amines) is 1. The van der Waals surface area contributed by atoms with Crippen LogP contribution in [-0.2, 0) is 9.53 Å². The van der Waals surface area contributed by atoms with Crippen LogP contribution in [-0.4, -0.2) is 43.1 Å². The van der Waals surface area contributed by atoms with Gasteiger partial charge >= 0.3 is 6.09 Å². The number of amides is 1. The van der Waals surface area contributed by atoms with Crippen molar-refractivity contribution in [2.24, 2.45) is 5.92 Å². The zero-order chi connectivity index (χ0) is 17.0. The smallest absolute Gasteiger partial charge is 0.410 e. The third-order valence-electron chi connectivity index (χ3n) is 4.03. The molecule has 1 fully saturated rings. The topological polar surface area (TPSA) is 55.8 Å². The van der Waals surface area contributed by atoms with Crippen molar-refractivity contribution in [1.82, 2.24) is 4.90 Å². The molecule has 23 heavy (non-hydrogen) atoms. The van der Waals surface area contributed by atoms with Gasteiger partial charge in [-0.3, -0.25) is 0 Å². The van der Waals surface area contributed by atoms with E-state index in [-0.39, 0.29) is 17.9 Å². The van der Waals surface area contributed by atoms with E-state index in [4.69, 9.17) is 9.47 Å². The van der Waals surface area contributed by atoms with Crippen molar-refractivity contribution < 1.29 is 19.1 Å². The molecule has 1 saturated heterocycles. The molecule has 0 bridgehead atoms. The Morgan fingerprint density at radius 2 is 1.91 bits per heavy atom. The average Bonchev–Trinajstić information content (AvgIpc) is 2.52. The lowest BCUT2D eigenvalue weighted by Crippen LogP contribution is -2.45. The number of rotatable bonds is 3. The molecule has 1 aliphatic rings. The Balaban J connectivity index is 2.06. The van der Waals surface area contributed by atoms with Crippen molar-refractivity contribution in [3.8, 4) is 5.75 Å². The van der Waals surface area contributed by atoms with Gasteiger partial charge in [0.25, 0.3) is 0 Å². The van der Waals surface area contributed by atoms with Crippen molar-refractivity contribution in [3.05, 3.63) is 29.8 Å². The lowest BCUT2D eigenvalue weighted by Gasteiger charge is -2.37. The standard InChI is InChI=1S/C18H25NO4/c1-18(2,3)23-17(21)19-10-9-16(14(11-19)12-20)13-5-7-15(22-4)8-6-13/h5-8,12,14,16H,9-11H2,1-4H3/t14-,16-/m0/s1. The molecule has 0 aromatic heterocycles. The fourth-order valence-electron chi connectivity index (χ4n) is 2.88. The molecular formula is C18H25NO4. The minimum absolute atomic E-state index is 0.122. The summed E-state index contributed by atoms with van der Waals surface area (Å²) in [7, 11) is 1.63. The van der Waals surface area contributed by atoms with Crippen molar-refractivity contribution in [1.29, 1.82) is 0 Å². The van der Waals surface area contributed by atoms with Crippen LogP contribution in [0.4, 0.5) is 4.79 Å². The first-order valence-corrected chi connectivity index (χ1v) is 7.91. The minimum atomic E-state index is -0.527. The molecule has 1 aromatic rings. The highest BCUT2D eigenvalue weighted by atomic mass is 16.6. The molecule has 0 saturated carbocycles. The largest absolute Gasteiger partial charge is 0.497 e. The van der Waals surface area contributed by atoms with Gasteiger partial charge in [0.05, 0.1) is 7.11 Å². The van der Waals surface area contributed by atoms with Crippen LogP contribution >= 0.6 is 0 Å². The third-order valence-corrected chi connectivity index (χ3v) is 4.03. The van der Waals surface area contributed by atoms with E-state index >= 15 is 0 Å². The molecule has 2 atom stereocenters. The van der Waals surface area contributed by atoms with E-state index in [9.17, 15) is 9.59 Å². The van der Waals surface area contributed by atoms with Crippen LogP contribution in [0.2, 0.25) is 0 Å². The number of methoxy groups -OCH3 is 1. The summed E-state index contributed by atoms with van der Waals surface area (Å²) < 4.78 is 10.6. The second-order valence-corrected chi connectivity index (χ2v) is 6.89. The number of aldehydes is 1. The van der Waals surface area contributed by atoms with Crippen LogP contribution in [0.1, 0.15) is 38.7 Å². The maximum absolute atomic E-state index is 12.2. The first-order valence-electron chi connectivity index (χ1n) is 7.91. The summed E-state index contributed by atoms with van der Waals surface area (Å²) in [5.74, 6) is 0.698. The first-order chi connectivity index (χ1) is 10.8. The summed E-state index contributed by atoms with van der Waals surface area (Å²) in [5.41, 5.74) is 0.576. The van der Waals surface area contributed by atoms with Crippen molar-refractivity contribution in [2.75, 3.05) is 20.2 Å². The van der Waals surface area contributed by atoms with E-state index in [0.717, 1.165) is 24.0 Å². The summed E-state index contributed by atoms with van der Waals surface area (Å²) in [6, 6.07) is 7.78. The molecule has 5 heteroatoms. The molecule has 2 rings (SSSR count). The van der Waals surface area contributed by atoms with Gasteiger partial charge in [-0.05, 0) is 50.8 Å². The van der Waals surface area contributed by atoms with Crippen LogP contribution in [0.25, 0.3) is 0 Å². The van der Waals surface area contributed by atoms with Crippen LogP contribution in [0.3, 0.4) is 0 Å². The Bertz CT molecular complexity index is 547. The van der Waals surface area contributed by atoms with Gasteiger partial charge < -0.3 is 19.2 Å². The molecule has 126 valence electrons. The second kappa shape index (κ2) is 7.02. The van der Waals surface area contributed by atoms with Gasteiger partial charge in [-0.25, -0.2) is 4.79 Å². The molecule has 0 unspecified atom stereocenters. The molecule has 1 heterocycles. The van der Waals surface area contributed by atoms with Crippen molar-refractivity contribution in [2.45, 2.75) is 38.7 Å². The molecule has 5 nitrogen and oxygen atoms in total. The molecule has 0 aliphatic carbocycles. The predicted octanol–water partition coefficient (Wildman–Crippen LogP) is 3.23. The summed E-state index contributed by atoms with van der Waals surface area (Å²) in [6.45, 7) is 6.51. The lowest BCUT2D eigenvalue weighted by molar-refractivity contribution is -0.113. The van der Waals surface area contributed by atoms with E-state index in [1.807, 2.05) is 45.0 Å². The fourth-order valence-corrected chi connectivity index (χ4v) is 2.88. The number of piperidine rings is 1. The van der Waals surface area contributed by atoms with E-state index < -0.39 is 5.60 Å². The van der Waals surface area contributed by atoms with Gasteiger partial charge in [-0.2, -0.15) is 0 Å². The van der Waals surface area contributed by atoms with Crippen LogP contribution < -0.4 is 4.74 Å². The lowest BCUT2D eigenvalue weighted by atomic mass is 9.81. The highest BCUT2D eigenvalue weighted by molar-refractivity contribution is 5.69. The monoisotopic (exact) mass is 319 g/mol. The summed E-state index contributed by atoms with van der Waals surface area (Å²) in [4.78, 5) is 25.3. The molecule has 0 spiro atoms.